The van der Waals surface area contributed by atoms with Crippen molar-refractivity contribution < 1.29 is 10.2 Å². The summed E-state index contributed by atoms with van der Waals surface area (Å²) >= 11 is 0. The van der Waals surface area contributed by atoms with E-state index >= 15 is 0 Å². The van der Waals surface area contributed by atoms with E-state index in [0.717, 1.165) is 10.8 Å². The first-order valence-corrected chi connectivity index (χ1v) is 14.2. The van der Waals surface area contributed by atoms with Crippen LogP contribution in [0.2, 0.25) is 0 Å². The molecule has 0 aliphatic carbocycles. The molecule has 11 rings (SSSR count). The molecule has 0 atom stereocenters. The zero-order valence-corrected chi connectivity index (χ0v) is 22.6. The summed E-state index contributed by atoms with van der Waals surface area (Å²) in [4.78, 5) is 37.7. The van der Waals surface area contributed by atoms with E-state index in [2.05, 4.69) is 0 Å². The van der Waals surface area contributed by atoms with Crippen molar-refractivity contribution in [1.82, 2.24) is 18.8 Å². The van der Waals surface area contributed by atoms with Crippen molar-refractivity contribution in [3.05, 3.63) is 106 Å². The van der Waals surface area contributed by atoms with Gasteiger partial charge in [0.1, 0.15) is 22.8 Å². The Morgan fingerprint density at radius 1 is 0.455 bits per heavy atom. The van der Waals surface area contributed by atoms with Gasteiger partial charge in [0.05, 0.1) is 32.8 Å². The van der Waals surface area contributed by atoms with Crippen LogP contribution in [0.5, 0.6) is 11.5 Å². The van der Waals surface area contributed by atoms with Gasteiger partial charge in [-0.25, -0.2) is 9.97 Å². The molecule has 7 aromatic carbocycles. The Bertz CT molecular complexity index is 3010. The fourth-order valence-electron chi connectivity index (χ4n) is 7.84. The summed E-state index contributed by atoms with van der Waals surface area (Å²) in [5.74, 6) is -0.0975. The van der Waals surface area contributed by atoms with Gasteiger partial charge in [0.25, 0.3) is 11.1 Å². The van der Waals surface area contributed by atoms with E-state index in [1.54, 1.807) is 8.80 Å². The van der Waals surface area contributed by atoms with Crippen molar-refractivity contribution in [3.8, 4) is 11.5 Å². The lowest BCUT2D eigenvalue weighted by atomic mass is 9.85. The van der Waals surface area contributed by atoms with Crippen molar-refractivity contribution in [2.24, 2.45) is 0 Å². The Hall–Kier alpha value is -6.28. The van der Waals surface area contributed by atoms with Gasteiger partial charge >= 0.3 is 0 Å². The van der Waals surface area contributed by atoms with Gasteiger partial charge in [-0.3, -0.25) is 18.4 Å². The molecule has 8 nitrogen and oxygen atoms in total. The first-order chi connectivity index (χ1) is 21.5. The van der Waals surface area contributed by atoms with Gasteiger partial charge in [-0.15, -0.1) is 0 Å². The van der Waals surface area contributed by atoms with Gasteiger partial charge in [-0.1, -0.05) is 36.4 Å². The molecule has 0 aliphatic heterocycles. The average molecular weight is 569 g/mol. The van der Waals surface area contributed by atoms with Crippen LogP contribution < -0.4 is 11.1 Å². The largest absolute Gasteiger partial charge is 0.507 e. The molecule has 204 valence electrons. The zero-order chi connectivity index (χ0) is 29.2. The lowest BCUT2D eigenvalue weighted by Crippen LogP contribution is -2.14. The molecule has 0 saturated heterocycles. The minimum atomic E-state index is -0.273. The van der Waals surface area contributed by atoms with Crippen LogP contribution in [-0.2, 0) is 0 Å². The number of para-hydroxylation sites is 4. The molecule has 0 bridgehead atoms. The lowest BCUT2D eigenvalue weighted by molar-refractivity contribution is 0.481. The van der Waals surface area contributed by atoms with E-state index < -0.39 is 0 Å². The monoisotopic (exact) mass is 568 g/mol. The molecule has 0 amide bonds. The van der Waals surface area contributed by atoms with Crippen LogP contribution in [0, 0.1) is 0 Å². The summed E-state index contributed by atoms with van der Waals surface area (Å²) in [5.41, 5.74) is 3.34. The number of hydrogen-bond donors (Lipinski definition) is 2. The Morgan fingerprint density at radius 2 is 0.864 bits per heavy atom. The predicted molar refractivity (Wildman–Crippen MR) is 173 cm³/mol. The Balaban J connectivity index is 1.44. The molecule has 44 heavy (non-hydrogen) atoms. The molecule has 0 unspecified atom stereocenters. The highest BCUT2D eigenvalue weighted by atomic mass is 16.3. The van der Waals surface area contributed by atoms with E-state index in [4.69, 9.17) is 9.97 Å². The number of rotatable bonds is 0. The van der Waals surface area contributed by atoms with E-state index in [1.807, 2.05) is 72.8 Å². The molecule has 11 aromatic rings. The maximum absolute atomic E-state index is 14.0. The van der Waals surface area contributed by atoms with Gasteiger partial charge in [0, 0.05) is 43.1 Å². The Kier molecular flexibility index (Phi) is 3.56. The van der Waals surface area contributed by atoms with Crippen LogP contribution in [0.25, 0.3) is 98.0 Å². The second kappa shape index (κ2) is 7.02. The van der Waals surface area contributed by atoms with Crippen molar-refractivity contribution in [2.45, 2.75) is 0 Å². The fraction of sp³-hybridized carbons (Fsp3) is 0. The summed E-state index contributed by atoms with van der Waals surface area (Å²) in [6, 6.07) is 25.7. The minimum Gasteiger partial charge on any atom is -0.507 e. The quantitative estimate of drug-likeness (QED) is 0.157. The third-order valence-corrected chi connectivity index (χ3v) is 9.53. The van der Waals surface area contributed by atoms with Gasteiger partial charge in [-0.05, 0) is 59.3 Å². The fourth-order valence-corrected chi connectivity index (χ4v) is 7.84. The van der Waals surface area contributed by atoms with Crippen molar-refractivity contribution >= 4 is 98.0 Å². The number of hydrogen-bond acceptors (Lipinski definition) is 6. The summed E-state index contributed by atoms with van der Waals surface area (Å²) < 4.78 is 3.21. The summed E-state index contributed by atoms with van der Waals surface area (Å²) in [6.45, 7) is 0. The second-order valence-corrected chi connectivity index (χ2v) is 11.6. The second-order valence-electron chi connectivity index (χ2n) is 11.6. The van der Waals surface area contributed by atoms with E-state index in [-0.39, 0.29) is 22.6 Å². The first kappa shape index (κ1) is 22.3. The highest BCUT2D eigenvalue weighted by molar-refractivity contribution is 6.42. The molecule has 0 fully saturated rings. The number of phenols is 2. The summed E-state index contributed by atoms with van der Waals surface area (Å²) in [5, 5.41) is 30.8. The van der Waals surface area contributed by atoms with Crippen LogP contribution in [-0.4, -0.2) is 29.0 Å². The number of imidazole rings is 2. The molecular formula is C36H16N4O4. The summed E-state index contributed by atoms with van der Waals surface area (Å²) in [6.07, 6.45) is 0. The highest BCUT2D eigenvalue weighted by Crippen LogP contribution is 2.50. The highest BCUT2D eigenvalue weighted by Gasteiger charge is 2.26. The molecule has 4 heterocycles. The van der Waals surface area contributed by atoms with Gasteiger partial charge < -0.3 is 10.2 Å². The Morgan fingerprint density at radius 3 is 1.32 bits per heavy atom. The molecule has 0 saturated carbocycles. The van der Waals surface area contributed by atoms with E-state index in [1.165, 1.54) is 12.1 Å². The third kappa shape index (κ3) is 2.27. The third-order valence-electron chi connectivity index (χ3n) is 9.53. The average Bonchev–Trinajstić information content (AvgIpc) is 3.62. The first-order valence-electron chi connectivity index (χ1n) is 14.2. The Labute approximate surface area is 243 Å². The molecular weight excluding hydrogens is 552 g/mol. The van der Waals surface area contributed by atoms with E-state index in [9.17, 15) is 19.8 Å². The maximum Gasteiger partial charge on any atom is 0.264 e. The molecule has 0 spiro atoms. The van der Waals surface area contributed by atoms with Crippen LogP contribution in [0.1, 0.15) is 0 Å². The van der Waals surface area contributed by atoms with Crippen LogP contribution in [0.15, 0.2) is 94.5 Å². The van der Waals surface area contributed by atoms with Crippen molar-refractivity contribution in [2.75, 3.05) is 0 Å². The van der Waals surface area contributed by atoms with Crippen LogP contribution >= 0.6 is 0 Å². The van der Waals surface area contributed by atoms with E-state index in [0.29, 0.717) is 87.2 Å². The number of pyridine rings is 2. The van der Waals surface area contributed by atoms with Gasteiger partial charge in [-0.2, -0.15) is 0 Å². The normalized spacial score (nSPS) is 12.9. The maximum atomic E-state index is 14.0. The topological polar surface area (TPSA) is 109 Å². The SMILES string of the molecule is O=c1c2cc(O)c3c4ccc5c6c(cc(O)c(c7ccc(c2c73)c2nc3ccccc3n12)c46)c(=O)n1c2ccccc2nc51. The lowest BCUT2D eigenvalue weighted by Gasteiger charge is -2.19. The molecule has 0 aliphatic rings. The number of fused-ring (bicyclic) bond motifs is 10. The predicted octanol–water partition coefficient (Wildman–Crippen LogP) is 6.65. The summed E-state index contributed by atoms with van der Waals surface area (Å²) in [7, 11) is 0. The molecule has 8 heteroatoms. The van der Waals surface area contributed by atoms with Crippen LogP contribution in [0.3, 0.4) is 0 Å². The number of nitrogens with zero attached hydrogens (tertiary/aromatic N) is 4. The van der Waals surface area contributed by atoms with Gasteiger partial charge in [0.15, 0.2) is 0 Å². The number of phenolic OH excluding ortho intramolecular Hbond substituents is 2. The standard InChI is InChI=1S/C36H16N4O4/c41-25-13-19-27-17(33-37-21-5-1-3-7-23(21)39(33)35(19)43)11-9-15-30-26(42)14-20-28-18(12-10-16(32(28)30)29(25)31(15)27)34-38-22-6-2-4-8-24(22)40(34)36(20)44/h1-14,41-42H. The smallest absolute Gasteiger partial charge is 0.264 e. The number of aromatic hydroxyl groups is 2. The minimum absolute atomic E-state index is 0.0488. The number of benzene rings is 7. The molecule has 0 radical (unpaired) electrons. The zero-order valence-electron chi connectivity index (χ0n) is 22.6. The van der Waals surface area contributed by atoms with Crippen molar-refractivity contribution in [1.29, 1.82) is 0 Å². The van der Waals surface area contributed by atoms with Gasteiger partial charge in [0.2, 0.25) is 0 Å². The molecule has 4 aromatic heterocycles. The molecule has 2 N–H and O–H groups in total. The van der Waals surface area contributed by atoms with Crippen LogP contribution in [0.4, 0.5) is 0 Å². The van der Waals surface area contributed by atoms with Crippen molar-refractivity contribution in [3.63, 3.8) is 0 Å². The number of aromatic nitrogens is 4.